The zero-order valence-electron chi connectivity index (χ0n) is 16.1. The first kappa shape index (κ1) is 18.9. The number of halogens is 1. The van der Waals surface area contributed by atoms with Gasteiger partial charge in [0, 0.05) is 10.4 Å². The van der Waals surface area contributed by atoms with Crippen LogP contribution in [0.5, 0.6) is 11.5 Å². The van der Waals surface area contributed by atoms with E-state index >= 15 is 0 Å². The van der Waals surface area contributed by atoms with Gasteiger partial charge in [0.15, 0.2) is 5.65 Å². The molecule has 0 saturated heterocycles. The Labute approximate surface area is 181 Å². The van der Waals surface area contributed by atoms with E-state index in [1.807, 2.05) is 30.3 Å². The van der Waals surface area contributed by atoms with E-state index < -0.39 is 11.0 Å². The number of aromatic amines is 1. The Balaban J connectivity index is 1.60. The highest BCUT2D eigenvalue weighted by Crippen LogP contribution is 2.54. The highest BCUT2D eigenvalue weighted by Gasteiger charge is 2.50. The standard InChI is InChI=1S/C23H14ClN5O2/c24-16-5-3-15(4-6-16)23(9-10-23)20-18(12-26)21-27-13-19(22(30)29(21)28-20)31-17-7-1-14(11-25)2-8-17/h1-8,13,27H,9-10H2. The molecule has 8 heteroatoms. The van der Waals surface area contributed by atoms with E-state index in [9.17, 15) is 10.1 Å². The van der Waals surface area contributed by atoms with Crippen molar-refractivity contribution in [2.75, 3.05) is 0 Å². The minimum Gasteiger partial charge on any atom is -0.450 e. The second-order valence-corrected chi connectivity index (χ2v) is 7.82. The molecule has 0 amide bonds. The highest BCUT2D eigenvalue weighted by molar-refractivity contribution is 6.30. The summed E-state index contributed by atoms with van der Waals surface area (Å²) in [7, 11) is 0. The third-order valence-electron chi connectivity index (χ3n) is 5.55. The maximum Gasteiger partial charge on any atom is 0.317 e. The molecule has 0 unspecified atom stereocenters. The normalized spacial score (nSPS) is 14.0. The number of benzene rings is 2. The SMILES string of the molecule is N#Cc1ccc(Oc2c[nH]c3c(C#N)c(C4(c5ccc(Cl)cc5)CC4)nn3c2=O)cc1. The quantitative estimate of drug-likeness (QED) is 0.522. The molecule has 4 aromatic rings. The van der Waals surface area contributed by atoms with Crippen LogP contribution >= 0.6 is 11.6 Å². The molecule has 31 heavy (non-hydrogen) atoms. The van der Waals surface area contributed by atoms with Gasteiger partial charge < -0.3 is 9.72 Å². The van der Waals surface area contributed by atoms with Gasteiger partial charge in [0.1, 0.15) is 17.4 Å². The van der Waals surface area contributed by atoms with E-state index in [4.69, 9.17) is 21.6 Å². The Hall–Kier alpha value is -4.07. The minimum atomic E-state index is -0.479. The molecule has 150 valence electrons. The molecule has 7 nitrogen and oxygen atoms in total. The topological polar surface area (TPSA) is 107 Å². The van der Waals surface area contributed by atoms with Gasteiger partial charge in [-0.3, -0.25) is 4.79 Å². The van der Waals surface area contributed by atoms with Crippen molar-refractivity contribution in [3.63, 3.8) is 0 Å². The number of rotatable bonds is 4. The van der Waals surface area contributed by atoms with E-state index in [1.165, 1.54) is 10.7 Å². The zero-order valence-corrected chi connectivity index (χ0v) is 16.8. The average Bonchev–Trinajstić information content (AvgIpc) is 3.51. The molecule has 0 aliphatic heterocycles. The molecule has 2 heterocycles. The van der Waals surface area contributed by atoms with Crippen LogP contribution in [-0.4, -0.2) is 14.6 Å². The summed E-state index contributed by atoms with van der Waals surface area (Å²) in [6.07, 6.45) is 3.08. The number of nitriles is 2. The fourth-order valence-electron chi connectivity index (χ4n) is 3.79. The maximum atomic E-state index is 13.0. The lowest BCUT2D eigenvalue weighted by atomic mass is 9.90. The van der Waals surface area contributed by atoms with Crippen LogP contribution in [0.2, 0.25) is 5.02 Å². The summed E-state index contributed by atoms with van der Waals surface area (Å²) in [4.78, 5) is 16.0. The Bertz CT molecular complexity index is 1450. The van der Waals surface area contributed by atoms with Crippen molar-refractivity contribution in [1.82, 2.24) is 14.6 Å². The van der Waals surface area contributed by atoms with Gasteiger partial charge in [-0.2, -0.15) is 20.1 Å². The van der Waals surface area contributed by atoms with Crippen LogP contribution in [0.1, 0.15) is 35.2 Å². The fourth-order valence-corrected chi connectivity index (χ4v) is 3.92. The van der Waals surface area contributed by atoms with Crippen molar-refractivity contribution < 1.29 is 4.74 Å². The number of H-pyrrole nitrogens is 1. The maximum absolute atomic E-state index is 13.0. The molecule has 0 atom stereocenters. The Morgan fingerprint density at radius 3 is 2.39 bits per heavy atom. The summed E-state index contributed by atoms with van der Waals surface area (Å²) < 4.78 is 6.87. The van der Waals surface area contributed by atoms with Crippen LogP contribution < -0.4 is 10.3 Å². The van der Waals surface area contributed by atoms with Crippen LogP contribution in [0, 0.1) is 22.7 Å². The first-order valence-corrected chi connectivity index (χ1v) is 9.92. The molecular weight excluding hydrogens is 414 g/mol. The van der Waals surface area contributed by atoms with Crippen LogP contribution in [0.25, 0.3) is 5.65 Å². The summed E-state index contributed by atoms with van der Waals surface area (Å²) in [5.41, 5.74) is 1.86. The van der Waals surface area contributed by atoms with Gasteiger partial charge in [0.05, 0.1) is 23.5 Å². The fraction of sp³-hybridized carbons (Fsp3) is 0.130. The molecule has 2 aromatic carbocycles. The highest BCUT2D eigenvalue weighted by atomic mass is 35.5. The predicted octanol–water partition coefficient (Wildman–Crippen LogP) is 4.29. The Kier molecular flexibility index (Phi) is 4.28. The number of nitrogens with zero attached hydrogens (tertiary/aromatic N) is 4. The predicted molar refractivity (Wildman–Crippen MR) is 113 cm³/mol. The van der Waals surface area contributed by atoms with Crippen molar-refractivity contribution in [2.45, 2.75) is 18.3 Å². The van der Waals surface area contributed by atoms with Crippen LogP contribution in [0.15, 0.2) is 59.5 Å². The smallest absolute Gasteiger partial charge is 0.317 e. The van der Waals surface area contributed by atoms with E-state index in [2.05, 4.69) is 16.2 Å². The van der Waals surface area contributed by atoms with Gasteiger partial charge in [-0.15, -0.1) is 0 Å². The molecule has 0 radical (unpaired) electrons. The molecule has 5 rings (SSSR count). The lowest BCUT2D eigenvalue weighted by Gasteiger charge is -2.13. The summed E-state index contributed by atoms with van der Waals surface area (Å²) in [5.74, 6) is 0.448. The second-order valence-electron chi connectivity index (χ2n) is 7.38. The zero-order chi connectivity index (χ0) is 21.6. The van der Waals surface area contributed by atoms with E-state index in [0.717, 1.165) is 18.4 Å². The van der Waals surface area contributed by atoms with E-state index in [1.54, 1.807) is 24.3 Å². The largest absolute Gasteiger partial charge is 0.450 e. The molecule has 1 N–H and O–H groups in total. The van der Waals surface area contributed by atoms with Gasteiger partial charge in [-0.25, -0.2) is 0 Å². The summed E-state index contributed by atoms with van der Waals surface area (Å²) in [6.45, 7) is 0. The van der Waals surface area contributed by atoms with Gasteiger partial charge in [-0.1, -0.05) is 23.7 Å². The molecule has 1 fully saturated rings. The van der Waals surface area contributed by atoms with Crippen molar-refractivity contribution in [1.29, 1.82) is 10.5 Å². The molecule has 2 aromatic heterocycles. The van der Waals surface area contributed by atoms with Crippen molar-refractivity contribution >= 4 is 17.2 Å². The summed E-state index contributed by atoms with van der Waals surface area (Å²) in [6, 6.07) is 18.1. The Morgan fingerprint density at radius 2 is 1.77 bits per heavy atom. The number of hydrogen-bond donors (Lipinski definition) is 1. The van der Waals surface area contributed by atoms with Crippen molar-refractivity contribution in [3.05, 3.63) is 92.5 Å². The first-order chi connectivity index (χ1) is 15.1. The third-order valence-corrected chi connectivity index (χ3v) is 5.80. The van der Waals surface area contributed by atoms with Crippen molar-refractivity contribution in [3.8, 4) is 23.6 Å². The third kappa shape index (κ3) is 3.04. The Morgan fingerprint density at radius 1 is 1.06 bits per heavy atom. The van der Waals surface area contributed by atoms with Gasteiger partial charge >= 0.3 is 5.56 Å². The molecular formula is C23H14ClN5O2. The van der Waals surface area contributed by atoms with Gasteiger partial charge in [0.25, 0.3) is 0 Å². The van der Waals surface area contributed by atoms with Crippen LogP contribution in [-0.2, 0) is 5.41 Å². The first-order valence-electron chi connectivity index (χ1n) is 9.55. The van der Waals surface area contributed by atoms with Crippen LogP contribution in [0.4, 0.5) is 0 Å². The van der Waals surface area contributed by atoms with Crippen LogP contribution in [0.3, 0.4) is 0 Å². The van der Waals surface area contributed by atoms with E-state index in [0.29, 0.717) is 33.2 Å². The molecule has 1 saturated carbocycles. The summed E-state index contributed by atoms with van der Waals surface area (Å²) in [5, 5.41) is 23.9. The molecule has 0 spiro atoms. The number of nitrogens with one attached hydrogen (secondary N) is 1. The number of fused-ring (bicyclic) bond motifs is 1. The number of hydrogen-bond acceptors (Lipinski definition) is 5. The molecule has 1 aliphatic carbocycles. The van der Waals surface area contributed by atoms with Gasteiger partial charge in [-0.05, 0) is 54.8 Å². The number of ether oxygens (including phenoxy) is 1. The summed E-state index contributed by atoms with van der Waals surface area (Å²) >= 11 is 6.02. The monoisotopic (exact) mass is 427 g/mol. The number of aromatic nitrogens is 3. The van der Waals surface area contributed by atoms with Crippen molar-refractivity contribution in [2.24, 2.45) is 0 Å². The molecule has 1 aliphatic rings. The molecule has 0 bridgehead atoms. The van der Waals surface area contributed by atoms with Gasteiger partial charge in [0.2, 0.25) is 5.75 Å². The van der Waals surface area contributed by atoms with E-state index in [-0.39, 0.29) is 5.75 Å². The lowest BCUT2D eigenvalue weighted by Crippen LogP contribution is -2.17. The second kappa shape index (κ2) is 7.02. The lowest BCUT2D eigenvalue weighted by molar-refractivity contribution is 0.469. The minimum absolute atomic E-state index is 0.0343. The average molecular weight is 428 g/mol.